The Kier molecular flexibility index (Phi) is 3.72. The van der Waals surface area contributed by atoms with Gasteiger partial charge in [0.05, 0.1) is 11.0 Å². The van der Waals surface area contributed by atoms with E-state index in [1.54, 1.807) is 13.1 Å². The highest BCUT2D eigenvalue weighted by Crippen LogP contribution is 2.48. The number of rotatable bonds is 1. The van der Waals surface area contributed by atoms with E-state index in [1.165, 1.54) is 17.0 Å². The van der Waals surface area contributed by atoms with Crippen LogP contribution in [0.4, 0.5) is 11.4 Å². The van der Waals surface area contributed by atoms with Crippen molar-refractivity contribution >= 4 is 40.5 Å². The van der Waals surface area contributed by atoms with Crippen LogP contribution in [0.5, 0.6) is 0 Å². The van der Waals surface area contributed by atoms with Crippen molar-refractivity contribution in [2.75, 3.05) is 18.5 Å². The van der Waals surface area contributed by atoms with Gasteiger partial charge in [-0.1, -0.05) is 0 Å². The SMILES string of the molecule is CN1C(=O)[C@@]2(Cc3cc([N+](=O)[O-])ccc3N3CCCC[C@H]32)C(=O)NC1=S. The number of nitro groups is 1. The van der Waals surface area contributed by atoms with Crippen LogP contribution in [0.1, 0.15) is 24.8 Å². The smallest absolute Gasteiger partial charge is 0.269 e. The molecule has 3 heterocycles. The zero-order valence-electron chi connectivity index (χ0n) is 14.2. The fraction of sp³-hybridized carbons (Fsp3) is 0.471. The molecule has 26 heavy (non-hydrogen) atoms. The summed E-state index contributed by atoms with van der Waals surface area (Å²) in [6, 6.07) is 4.42. The van der Waals surface area contributed by atoms with Crippen LogP contribution >= 0.6 is 12.2 Å². The number of nitrogens with one attached hydrogen (secondary N) is 1. The lowest BCUT2D eigenvalue weighted by Crippen LogP contribution is -2.71. The Morgan fingerprint density at radius 3 is 2.85 bits per heavy atom. The first-order valence-corrected chi connectivity index (χ1v) is 8.94. The number of nitrogens with zero attached hydrogens (tertiary/aromatic N) is 3. The van der Waals surface area contributed by atoms with Gasteiger partial charge in [-0.15, -0.1) is 0 Å². The summed E-state index contributed by atoms with van der Waals surface area (Å²) in [5, 5.41) is 13.9. The first-order valence-electron chi connectivity index (χ1n) is 8.54. The number of benzene rings is 1. The van der Waals surface area contributed by atoms with Crippen molar-refractivity contribution in [3.05, 3.63) is 33.9 Å². The number of non-ortho nitro benzene ring substituents is 1. The summed E-state index contributed by atoms with van der Waals surface area (Å²) >= 11 is 5.08. The van der Waals surface area contributed by atoms with Crippen LogP contribution < -0.4 is 10.2 Å². The molecule has 0 aromatic heterocycles. The Balaban J connectivity index is 1.90. The predicted octanol–water partition coefficient (Wildman–Crippen LogP) is 1.37. The van der Waals surface area contributed by atoms with Crippen molar-refractivity contribution in [2.24, 2.45) is 5.41 Å². The van der Waals surface area contributed by atoms with Crippen molar-refractivity contribution in [1.29, 1.82) is 0 Å². The number of piperidine rings is 1. The molecule has 0 saturated carbocycles. The Morgan fingerprint density at radius 2 is 2.12 bits per heavy atom. The molecule has 2 saturated heterocycles. The predicted molar refractivity (Wildman–Crippen MR) is 97.7 cm³/mol. The average Bonchev–Trinajstić information content (AvgIpc) is 2.64. The molecule has 0 radical (unpaired) electrons. The molecule has 2 atom stereocenters. The van der Waals surface area contributed by atoms with Crippen molar-refractivity contribution < 1.29 is 14.5 Å². The summed E-state index contributed by atoms with van der Waals surface area (Å²) in [6.07, 6.45) is 2.74. The van der Waals surface area contributed by atoms with Gasteiger partial charge in [-0.25, -0.2) is 0 Å². The molecule has 3 aliphatic rings. The molecule has 4 rings (SSSR count). The molecule has 0 unspecified atom stereocenters. The zero-order valence-corrected chi connectivity index (χ0v) is 15.0. The molecule has 8 nitrogen and oxygen atoms in total. The van der Waals surface area contributed by atoms with Crippen LogP contribution in [-0.4, -0.2) is 46.4 Å². The standard InChI is InChI=1S/C17H18N4O4S/c1-19-15(23)17(14(22)18-16(19)26)9-10-8-11(21(24)25)5-6-12(10)20-7-3-2-4-13(17)20/h5-6,8,13H,2-4,7,9H2,1H3,(H,18,22,26)/t13-,17+/m0/s1. The van der Waals surface area contributed by atoms with E-state index in [4.69, 9.17) is 12.2 Å². The zero-order chi connectivity index (χ0) is 18.6. The van der Waals surface area contributed by atoms with Crippen LogP contribution in [0.15, 0.2) is 18.2 Å². The third-order valence-electron chi connectivity index (χ3n) is 5.74. The van der Waals surface area contributed by atoms with Crippen molar-refractivity contribution in [1.82, 2.24) is 10.2 Å². The van der Waals surface area contributed by atoms with Gasteiger partial charge >= 0.3 is 0 Å². The Morgan fingerprint density at radius 1 is 1.35 bits per heavy atom. The number of anilines is 1. The van der Waals surface area contributed by atoms with Gasteiger partial charge in [0.15, 0.2) is 10.5 Å². The maximum atomic E-state index is 13.2. The molecular weight excluding hydrogens is 356 g/mol. The second kappa shape index (κ2) is 5.73. The summed E-state index contributed by atoms with van der Waals surface area (Å²) in [6.45, 7) is 0.714. The van der Waals surface area contributed by atoms with Crippen LogP contribution in [0.3, 0.4) is 0 Å². The van der Waals surface area contributed by atoms with E-state index >= 15 is 0 Å². The minimum atomic E-state index is -1.31. The first kappa shape index (κ1) is 16.9. The van der Waals surface area contributed by atoms with Crippen molar-refractivity contribution in [2.45, 2.75) is 31.7 Å². The number of fused-ring (bicyclic) bond motifs is 4. The number of nitro benzene ring substituents is 1. The fourth-order valence-corrected chi connectivity index (χ4v) is 4.66. The lowest BCUT2D eigenvalue weighted by atomic mass is 9.66. The van der Waals surface area contributed by atoms with Gasteiger partial charge < -0.3 is 10.2 Å². The Hall–Kier alpha value is -2.55. The minimum absolute atomic E-state index is 0.0399. The highest BCUT2D eigenvalue weighted by molar-refractivity contribution is 7.80. The first-order chi connectivity index (χ1) is 12.4. The monoisotopic (exact) mass is 374 g/mol. The molecule has 136 valence electrons. The molecule has 1 spiro atoms. The van der Waals surface area contributed by atoms with E-state index in [-0.39, 0.29) is 29.2 Å². The summed E-state index contributed by atoms with van der Waals surface area (Å²) in [5.41, 5.74) is 0.186. The van der Waals surface area contributed by atoms with Gasteiger partial charge in [-0.3, -0.25) is 24.6 Å². The van der Waals surface area contributed by atoms with Gasteiger partial charge in [-0.05, 0) is 43.1 Å². The second-order valence-corrected chi connectivity index (χ2v) is 7.43. The number of carbonyl (C=O) groups excluding carboxylic acids is 2. The van der Waals surface area contributed by atoms with E-state index in [0.717, 1.165) is 24.9 Å². The summed E-state index contributed by atoms with van der Waals surface area (Å²) in [5.74, 6) is -0.736. The number of hydrogen-bond donors (Lipinski definition) is 1. The maximum Gasteiger partial charge on any atom is 0.269 e. The third-order valence-corrected chi connectivity index (χ3v) is 6.12. The molecule has 2 fully saturated rings. The summed E-state index contributed by atoms with van der Waals surface area (Å²) in [7, 11) is 1.56. The molecule has 0 aliphatic carbocycles. The van der Waals surface area contributed by atoms with E-state index in [1.807, 2.05) is 0 Å². The third kappa shape index (κ3) is 2.16. The van der Waals surface area contributed by atoms with Crippen LogP contribution in [-0.2, 0) is 16.0 Å². The molecule has 1 N–H and O–H groups in total. The number of thiocarbonyl (C=S) groups is 1. The van der Waals surface area contributed by atoms with Gasteiger partial charge in [-0.2, -0.15) is 0 Å². The van der Waals surface area contributed by atoms with Gasteiger partial charge in [0.2, 0.25) is 11.8 Å². The van der Waals surface area contributed by atoms with E-state index < -0.39 is 16.2 Å². The molecule has 3 aliphatic heterocycles. The topological polar surface area (TPSA) is 95.8 Å². The minimum Gasteiger partial charge on any atom is -0.367 e. The lowest BCUT2D eigenvalue weighted by Gasteiger charge is -2.53. The molecule has 1 aromatic rings. The van der Waals surface area contributed by atoms with Crippen molar-refractivity contribution in [3.8, 4) is 0 Å². The number of amides is 2. The normalized spacial score (nSPS) is 27.9. The van der Waals surface area contributed by atoms with E-state index in [0.29, 0.717) is 12.1 Å². The van der Waals surface area contributed by atoms with E-state index in [2.05, 4.69) is 10.2 Å². The summed E-state index contributed by atoms with van der Waals surface area (Å²) < 4.78 is 0. The van der Waals surface area contributed by atoms with Crippen molar-refractivity contribution in [3.63, 3.8) is 0 Å². The Bertz CT molecular complexity index is 857. The lowest BCUT2D eigenvalue weighted by molar-refractivity contribution is -0.384. The highest BCUT2D eigenvalue weighted by atomic mass is 32.1. The largest absolute Gasteiger partial charge is 0.367 e. The quantitative estimate of drug-likeness (QED) is 0.345. The van der Waals surface area contributed by atoms with Gasteiger partial charge in [0.1, 0.15) is 0 Å². The van der Waals surface area contributed by atoms with Gasteiger partial charge in [0, 0.05) is 37.8 Å². The van der Waals surface area contributed by atoms with E-state index in [9.17, 15) is 19.7 Å². The average molecular weight is 374 g/mol. The molecule has 2 amide bonds. The summed E-state index contributed by atoms with van der Waals surface area (Å²) in [4.78, 5) is 40.3. The van der Waals surface area contributed by atoms with Crippen LogP contribution in [0.2, 0.25) is 0 Å². The van der Waals surface area contributed by atoms with Crippen LogP contribution in [0.25, 0.3) is 0 Å². The molecule has 0 bridgehead atoms. The fourth-order valence-electron chi connectivity index (χ4n) is 4.49. The molecule has 1 aromatic carbocycles. The highest BCUT2D eigenvalue weighted by Gasteiger charge is 2.60. The van der Waals surface area contributed by atoms with Gasteiger partial charge in [0.25, 0.3) is 5.69 Å². The second-order valence-electron chi connectivity index (χ2n) is 7.05. The Labute approximate surface area is 155 Å². The van der Waals surface area contributed by atoms with Crippen LogP contribution in [0, 0.1) is 15.5 Å². The number of carbonyl (C=O) groups is 2. The molecular formula is C17H18N4O4S. The maximum absolute atomic E-state index is 13.2. The molecule has 9 heteroatoms. The number of hydrogen-bond acceptors (Lipinski definition) is 6.